The predicted octanol–water partition coefficient (Wildman–Crippen LogP) is 3.31. The van der Waals surface area contributed by atoms with Gasteiger partial charge in [0.15, 0.2) is 0 Å². The van der Waals surface area contributed by atoms with Crippen LogP contribution in [-0.4, -0.2) is 21.0 Å². The maximum absolute atomic E-state index is 11.1. The van der Waals surface area contributed by atoms with Crippen molar-refractivity contribution < 1.29 is 14.8 Å². The first-order valence-corrected chi connectivity index (χ1v) is 7.08. The lowest BCUT2D eigenvalue weighted by atomic mass is 10.2. The van der Waals surface area contributed by atoms with Gasteiger partial charge in [-0.15, -0.1) is 11.3 Å². The summed E-state index contributed by atoms with van der Waals surface area (Å²) in [5.74, 6) is -1.17. The van der Waals surface area contributed by atoms with Gasteiger partial charge in [0.05, 0.1) is 16.5 Å². The molecule has 2 rings (SSSR count). The van der Waals surface area contributed by atoms with Gasteiger partial charge in [-0.3, -0.25) is 10.1 Å². The molecule has 0 radical (unpaired) electrons. The number of aromatic carboxylic acids is 1. The number of nitrogens with one attached hydrogen (secondary N) is 1. The fourth-order valence-corrected chi connectivity index (χ4v) is 2.71. The van der Waals surface area contributed by atoms with Crippen molar-refractivity contribution in [3.8, 4) is 0 Å². The molecule has 0 aliphatic rings. The Morgan fingerprint density at radius 1 is 1.62 bits per heavy atom. The van der Waals surface area contributed by atoms with E-state index in [0.29, 0.717) is 0 Å². The molecule has 2 heterocycles. The van der Waals surface area contributed by atoms with E-state index in [1.807, 2.05) is 24.4 Å². The Morgan fingerprint density at radius 2 is 2.38 bits per heavy atom. The Balaban J connectivity index is 2.34. The van der Waals surface area contributed by atoms with Gasteiger partial charge >= 0.3 is 11.7 Å². The van der Waals surface area contributed by atoms with Crippen LogP contribution >= 0.6 is 11.3 Å². The van der Waals surface area contributed by atoms with E-state index in [1.165, 1.54) is 0 Å². The molecule has 2 aromatic rings. The highest BCUT2D eigenvalue weighted by Crippen LogP contribution is 2.30. The lowest BCUT2D eigenvalue weighted by molar-refractivity contribution is -0.384. The first-order valence-electron chi connectivity index (χ1n) is 6.20. The van der Waals surface area contributed by atoms with Crippen LogP contribution in [0.3, 0.4) is 0 Å². The van der Waals surface area contributed by atoms with Gasteiger partial charge < -0.3 is 10.4 Å². The van der Waals surface area contributed by atoms with E-state index in [-0.39, 0.29) is 23.1 Å². The molecule has 110 valence electrons. The van der Waals surface area contributed by atoms with E-state index in [9.17, 15) is 14.9 Å². The van der Waals surface area contributed by atoms with Crippen LogP contribution < -0.4 is 5.32 Å². The van der Waals surface area contributed by atoms with Crippen LogP contribution in [0.5, 0.6) is 0 Å². The minimum absolute atomic E-state index is 0.0743. The number of nitro groups is 1. The van der Waals surface area contributed by atoms with Gasteiger partial charge in [-0.1, -0.05) is 13.0 Å². The summed E-state index contributed by atoms with van der Waals surface area (Å²) in [5.41, 5.74) is -0.554. The maximum atomic E-state index is 11.1. The zero-order valence-corrected chi connectivity index (χ0v) is 12.0. The van der Waals surface area contributed by atoms with Crippen molar-refractivity contribution in [3.05, 3.63) is 50.3 Å². The van der Waals surface area contributed by atoms with E-state index in [1.54, 1.807) is 11.3 Å². The number of thiophene rings is 1. The normalized spacial score (nSPS) is 11.9. The lowest BCUT2D eigenvalue weighted by Gasteiger charge is -2.16. The number of anilines is 1. The molecule has 0 aliphatic carbocycles. The minimum Gasteiger partial charge on any atom is -0.478 e. The largest absolute Gasteiger partial charge is 0.478 e. The lowest BCUT2D eigenvalue weighted by Crippen LogP contribution is -2.12. The smallest absolute Gasteiger partial charge is 0.337 e. The van der Waals surface area contributed by atoms with Crippen molar-refractivity contribution in [2.45, 2.75) is 19.4 Å². The molecular formula is C13H13N3O4S. The highest BCUT2D eigenvalue weighted by atomic mass is 32.1. The number of hydrogen-bond acceptors (Lipinski definition) is 6. The Labute approximate surface area is 124 Å². The Morgan fingerprint density at radius 3 is 2.90 bits per heavy atom. The summed E-state index contributed by atoms with van der Waals surface area (Å²) >= 11 is 1.54. The second-order valence-corrected chi connectivity index (χ2v) is 5.25. The SMILES string of the molecule is CCC(Nc1ncc(C(=O)O)cc1[N+](=O)[O-])c1cccs1. The van der Waals surface area contributed by atoms with Crippen LogP contribution in [0.25, 0.3) is 0 Å². The topological polar surface area (TPSA) is 105 Å². The van der Waals surface area contributed by atoms with E-state index in [0.717, 1.165) is 23.6 Å². The van der Waals surface area contributed by atoms with Crippen LogP contribution in [0.2, 0.25) is 0 Å². The van der Waals surface area contributed by atoms with Gasteiger partial charge in [0.1, 0.15) is 0 Å². The van der Waals surface area contributed by atoms with Gasteiger partial charge in [-0.25, -0.2) is 9.78 Å². The summed E-state index contributed by atoms with van der Waals surface area (Å²) < 4.78 is 0. The number of hydrogen-bond donors (Lipinski definition) is 2. The van der Waals surface area contributed by atoms with Crippen LogP contribution in [0.15, 0.2) is 29.8 Å². The molecule has 0 spiro atoms. The summed E-state index contributed by atoms with van der Waals surface area (Å²) in [6.45, 7) is 1.95. The number of carbonyl (C=O) groups is 1. The standard InChI is InChI=1S/C13H13N3O4S/c1-2-9(11-4-3-5-21-11)15-12-10(16(19)20)6-8(7-14-12)13(17)18/h3-7,9H,2H2,1H3,(H,14,15)(H,17,18). The van der Waals surface area contributed by atoms with Gasteiger partial charge in [0.25, 0.3) is 0 Å². The van der Waals surface area contributed by atoms with E-state index < -0.39 is 10.9 Å². The third-order valence-electron chi connectivity index (χ3n) is 2.92. The Bertz CT molecular complexity index is 657. The van der Waals surface area contributed by atoms with Crippen molar-refractivity contribution in [1.29, 1.82) is 0 Å². The summed E-state index contributed by atoms with van der Waals surface area (Å²) in [6, 6.07) is 4.74. The third kappa shape index (κ3) is 3.34. The van der Waals surface area contributed by atoms with Crippen LogP contribution in [0.4, 0.5) is 11.5 Å². The molecule has 0 saturated heterocycles. The predicted molar refractivity (Wildman–Crippen MR) is 78.8 cm³/mol. The van der Waals surface area contributed by atoms with Crippen molar-refractivity contribution in [3.63, 3.8) is 0 Å². The maximum Gasteiger partial charge on any atom is 0.337 e. The van der Waals surface area contributed by atoms with Gasteiger partial charge in [-0.2, -0.15) is 0 Å². The van der Waals surface area contributed by atoms with Gasteiger partial charge in [0.2, 0.25) is 5.82 Å². The molecule has 2 aromatic heterocycles. The average molecular weight is 307 g/mol. The zero-order valence-electron chi connectivity index (χ0n) is 11.1. The third-order valence-corrected chi connectivity index (χ3v) is 3.90. The molecule has 1 atom stereocenters. The number of nitrogens with zero attached hydrogens (tertiary/aromatic N) is 2. The first kappa shape index (κ1) is 14.9. The highest BCUT2D eigenvalue weighted by molar-refractivity contribution is 7.10. The van der Waals surface area contributed by atoms with E-state index >= 15 is 0 Å². The Kier molecular flexibility index (Phi) is 4.49. The van der Waals surface area contributed by atoms with Crippen molar-refractivity contribution >= 4 is 28.8 Å². The zero-order chi connectivity index (χ0) is 15.4. The number of rotatable bonds is 6. The molecule has 0 aliphatic heterocycles. The van der Waals surface area contributed by atoms with E-state index in [4.69, 9.17) is 5.11 Å². The average Bonchev–Trinajstić information content (AvgIpc) is 2.98. The molecule has 2 N–H and O–H groups in total. The molecule has 7 nitrogen and oxygen atoms in total. The number of aromatic nitrogens is 1. The quantitative estimate of drug-likeness (QED) is 0.626. The molecule has 0 bridgehead atoms. The molecule has 1 unspecified atom stereocenters. The molecule has 0 fully saturated rings. The second-order valence-electron chi connectivity index (χ2n) is 4.27. The van der Waals surface area contributed by atoms with E-state index in [2.05, 4.69) is 10.3 Å². The molecule has 0 saturated carbocycles. The minimum atomic E-state index is -1.25. The molecule has 0 amide bonds. The number of carboxylic acids is 1. The van der Waals surface area contributed by atoms with Crippen molar-refractivity contribution in [2.75, 3.05) is 5.32 Å². The number of carboxylic acid groups (broad SMARTS) is 1. The molecule has 0 aromatic carbocycles. The van der Waals surface area contributed by atoms with Crippen molar-refractivity contribution in [2.24, 2.45) is 0 Å². The Hall–Kier alpha value is -2.48. The van der Waals surface area contributed by atoms with Crippen LogP contribution in [-0.2, 0) is 0 Å². The van der Waals surface area contributed by atoms with Crippen LogP contribution in [0, 0.1) is 10.1 Å². The van der Waals surface area contributed by atoms with Crippen LogP contribution in [0.1, 0.15) is 34.6 Å². The summed E-state index contributed by atoms with van der Waals surface area (Å²) in [6.07, 6.45) is 1.83. The summed E-state index contributed by atoms with van der Waals surface area (Å²) in [4.78, 5) is 26.3. The first-order chi connectivity index (χ1) is 10.0. The fourth-order valence-electron chi connectivity index (χ4n) is 1.85. The molecule has 8 heteroatoms. The monoisotopic (exact) mass is 307 g/mol. The summed E-state index contributed by atoms with van der Waals surface area (Å²) in [5, 5.41) is 24.9. The fraction of sp³-hybridized carbons (Fsp3) is 0.231. The molecular weight excluding hydrogens is 294 g/mol. The second kappa shape index (κ2) is 6.31. The summed E-state index contributed by atoms with van der Waals surface area (Å²) in [7, 11) is 0. The highest BCUT2D eigenvalue weighted by Gasteiger charge is 2.21. The van der Waals surface area contributed by atoms with Gasteiger partial charge in [-0.05, 0) is 17.9 Å². The molecule has 21 heavy (non-hydrogen) atoms. The number of pyridine rings is 1. The van der Waals surface area contributed by atoms with Gasteiger partial charge in [0, 0.05) is 17.1 Å². The van der Waals surface area contributed by atoms with Crippen molar-refractivity contribution in [1.82, 2.24) is 4.98 Å².